The second-order valence-electron chi connectivity index (χ2n) is 4.04. The molecule has 102 valence electrons. The van der Waals surface area contributed by atoms with Crippen molar-refractivity contribution < 1.29 is 19.8 Å². The molecule has 1 aromatic heterocycles. The number of nitrogens with zero attached hydrogens (tertiary/aromatic N) is 2. The third-order valence-corrected chi connectivity index (χ3v) is 2.77. The lowest BCUT2D eigenvalue weighted by Crippen LogP contribution is -2.27. The van der Waals surface area contributed by atoms with Crippen LogP contribution < -0.4 is 5.56 Å². The lowest BCUT2D eigenvalue weighted by atomic mass is 10.2. The van der Waals surface area contributed by atoms with Crippen LogP contribution in [0.4, 0.5) is 0 Å². The zero-order chi connectivity index (χ0) is 14.9. The van der Waals surface area contributed by atoms with Crippen LogP contribution in [-0.4, -0.2) is 31.7 Å². The van der Waals surface area contributed by atoms with Gasteiger partial charge in [0.15, 0.2) is 0 Å². The summed E-state index contributed by atoms with van der Waals surface area (Å²) < 4.78 is 1.06. The Morgan fingerprint density at radius 2 is 1.70 bits per heavy atom. The van der Waals surface area contributed by atoms with Crippen LogP contribution in [0, 0.1) is 6.92 Å². The number of aromatic nitrogens is 2. The minimum absolute atomic E-state index is 0.0697. The summed E-state index contributed by atoms with van der Waals surface area (Å²) in [5, 5.41) is 17.8. The Balaban J connectivity index is 2.59. The van der Waals surface area contributed by atoms with E-state index < -0.39 is 23.1 Å². The highest BCUT2D eigenvalue weighted by atomic mass is 16.4. The molecule has 0 saturated carbocycles. The minimum atomic E-state index is -1.35. The Kier molecular flexibility index (Phi) is 3.34. The molecule has 0 aliphatic carbocycles. The number of carboxylic acids is 2. The van der Waals surface area contributed by atoms with Crippen molar-refractivity contribution in [2.24, 2.45) is 0 Å². The topological polar surface area (TPSA) is 109 Å². The molecule has 7 nitrogen and oxygen atoms in total. The van der Waals surface area contributed by atoms with Gasteiger partial charge in [-0.1, -0.05) is 0 Å². The lowest BCUT2D eigenvalue weighted by molar-refractivity contribution is 0.0684. The van der Waals surface area contributed by atoms with Gasteiger partial charge in [0.2, 0.25) is 0 Å². The number of benzene rings is 1. The summed E-state index contributed by atoms with van der Waals surface area (Å²) in [6.07, 6.45) is 1.21. The molecule has 0 fully saturated rings. The number of hydrogen-bond acceptors (Lipinski definition) is 4. The predicted octanol–water partition coefficient (Wildman–Crippen LogP) is 0.937. The summed E-state index contributed by atoms with van der Waals surface area (Å²) >= 11 is 0. The van der Waals surface area contributed by atoms with Crippen molar-refractivity contribution in [2.45, 2.75) is 6.92 Å². The first-order chi connectivity index (χ1) is 9.41. The smallest absolute Gasteiger partial charge is 0.343 e. The Labute approximate surface area is 112 Å². The first-order valence-electron chi connectivity index (χ1n) is 5.57. The van der Waals surface area contributed by atoms with Crippen molar-refractivity contribution in [2.75, 3.05) is 0 Å². The van der Waals surface area contributed by atoms with E-state index in [1.807, 2.05) is 0 Å². The molecule has 0 saturated heterocycles. The molecule has 0 aliphatic rings. The fourth-order valence-electron chi connectivity index (χ4n) is 1.73. The molecule has 7 heteroatoms. The van der Waals surface area contributed by atoms with E-state index in [2.05, 4.69) is 4.98 Å². The summed E-state index contributed by atoms with van der Waals surface area (Å²) in [7, 11) is 0. The van der Waals surface area contributed by atoms with Crippen LogP contribution in [0.3, 0.4) is 0 Å². The molecule has 0 bridgehead atoms. The largest absolute Gasteiger partial charge is 0.478 e. The fraction of sp³-hybridized carbons (Fsp3) is 0.0769. The number of aryl methyl sites for hydroxylation is 1. The van der Waals surface area contributed by atoms with Crippen molar-refractivity contribution in [3.05, 3.63) is 57.8 Å². The monoisotopic (exact) mass is 274 g/mol. The van der Waals surface area contributed by atoms with Crippen LogP contribution >= 0.6 is 0 Å². The van der Waals surface area contributed by atoms with Crippen molar-refractivity contribution in [3.63, 3.8) is 0 Å². The van der Waals surface area contributed by atoms with Gasteiger partial charge in [-0.3, -0.25) is 9.36 Å². The van der Waals surface area contributed by atoms with Gasteiger partial charge in [-0.2, -0.15) is 0 Å². The van der Waals surface area contributed by atoms with E-state index in [9.17, 15) is 14.4 Å². The Morgan fingerprint density at radius 3 is 2.20 bits per heavy atom. The average molecular weight is 274 g/mol. The molecule has 0 atom stereocenters. The predicted molar refractivity (Wildman–Crippen MR) is 68.5 cm³/mol. The molecule has 2 aromatic rings. The maximum Gasteiger partial charge on any atom is 0.343 e. The quantitative estimate of drug-likeness (QED) is 0.861. The van der Waals surface area contributed by atoms with Crippen molar-refractivity contribution in [1.82, 2.24) is 9.55 Å². The van der Waals surface area contributed by atoms with E-state index in [-0.39, 0.29) is 11.3 Å². The summed E-state index contributed by atoms with van der Waals surface area (Å²) in [6, 6.07) is 5.47. The van der Waals surface area contributed by atoms with Gasteiger partial charge in [0.25, 0.3) is 5.56 Å². The fourth-order valence-corrected chi connectivity index (χ4v) is 1.73. The zero-order valence-electron chi connectivity index (χ0n) is 10.4. The number of carboxylic acid groups (broad SMARTS) is 2. The average Bonchev–Trinajstić information content (AvgIpc) is 2.38. The third-order valence-electron chi connectivity index (χ3n) is 2.77. The summed E-state index contributed by atoms with van der Waals surface area (Å²) in [5.74, 6) is -2.44. The van der Waals surface area contributed by atoms with E-state index in [1.165, 1.54) is 37.5 Å². The van der Waals surface area contributed by atoms with E-state index in [0.717, 1.165) is 4.57 Å². The van der Waals surface area contributed by atoms with Gasteiger partial charge in [-0.25, -0.2) is 14.6 Å². The number of rotatable bonds is 3. The van der Waals surface area contributed by atoms with Crippen LogP contribution in [-0.2, 0) is 0 Å². The Hall–Kier alpha value is -2.96. The molecule has 2 N–H and O–H groups in total. The Morgan fingerprint density at radius 1 is 1.10 bits per heavy atom. The van der Waals surface area contributed by atoms with Crippen molar-refractivity contribution >= 4 is 11.9 Å². The highest BCUT2D eigenvalue weighted by molar-refractivity contribution is 5.88. The molecular weight excluding hydrogens is 264 g/mol. The minimum Gasteiger partial charge on any atom is -0.478 e. The normalized spacial score (nSPS) is 10.2. The number of aromatic carboxylic acids is 2. The van der Waals surface area contributed by atoms with Crippen LogP contribution in [0.5, 0.6) is 0 Å². The van der Waals surface area contributed by atoms with Gasteiger partial charge in [-0.05, 0) is 31.2 Å². The highest BCUT2D eigenvalue weighted by Gasteiger charge is 2.16. The lowest BCUT2D eigenvalue weighted by Gasteiger charge is -2.07. The molecule has 1 heterocycles. The summed E-state index contributed by atoms with van der Waals surface area (Å²) in [6.45, 7) is 1.43. The SMILES string of the molecule is Cc1ncn(-c2ccc(C(=O)O)cc2)c(=O)c1C(=O)O. The maximum atomic E-state index is 12.1. The summed E-state index contributed by atoms with van der Waals surface area (Å²) in [4.78, 5) is 37.7. The summed E-state index contributed by atoms with van der Waals surface area (Å²) in [5.41, 5.74) is -0.584. The highest BCUT2D eigenvalue weighted by Crippen LogP contribution is 2.09. The number of hydrogen-bond donors (Lipinski definition) is 2. The molecule has 0 spiro atoms. The first kappa shape index (κ1) is 13.5. The molecule has 0 radical (unpaired) electrons. The molecule has 1 aromatic carbocycles. The van der Waals surface area contributed by atoms with E-state index in [0.29, 0.717) is 5.69 Å². The second kappa shape index (κ2) is 4.96. The maximum absolute atomic E-state index is 12.1. The molecule has 0 unspecified atom stereocenters. The molecule has 0 aliphatic heterocycles. The van der Waals surface area contributed by atoms with Gasteiger partial charge < -0.3 is 10.2 Å². The van der Waals surface area contributed by atoms with Gasteiger partial charge in [0, 0.05) is 0 Å². The van der Waals surface area contributed by atoms with Gasteiger partial charge >= 0.3 is 11.9 Å². The second-order valence-corrected chi connectivity index (χ2v) is 4.04. The van der Waals surface area contributed by atoms with Crippen LogP contribution in [0.2, 0.25) is 0 Å². The molecular formula is C13H10N2O5. The van der Waals surface area contributed by atoms with E-state index >= 15 is 0 Å². The van der Waals surface area contributed by atoms with Gasteiger partial charge in [0.1, 0.15) is 11.9 Å². The van der Waals surface area contributed by atoms with Crippen molar-refractivity contribution in [3.8, 4) is 5.69 Å². The van der Waals surface area contributed by atoms with Gasteiger partial charge in [-0.15, -0.1) is 0 Å². The first-order valence-corrected chi connectivity index (χ1v) is 5.57. The van der Waals surface area contributed by atoms with Crippen LogP contribution in [0.1, 0.15) is 26.4 Å². The van der Waals surface area contributed by atoms with Crippen molar-refractivity contribution in [1.29, 1.82) is 0 Å². The Bertz CT molecular complexity index is 746. The molecule has 0 amide bonds. The van der Waals surface area contributed by atoms with Crippen LogP contribution in [0.25, 0.3) is 5.69 Å². The van der Waals surface area contributed by atoms with E-state index in [1.54, 1.807) is 0 Å². The van der Waals surface area contributed by atoms with Crippen LogP contribution in [0.15, 0.2) is 35.4 Å². The van der Waals surface area contributed by atoms with Gasteiger partial charge in [0.05, 0.1) is 16.9 Å². The third kappa shape index (κ3) is 2.28. The zero-order valence-corrected chi connectivity index (χ0v) is 10.4. The van der Waals surface area contributed by atoms with E-state index in [4.69, 9.17) is 10.2 Å². The molecule has 2 rings (SSSR count). The molecule has 20 heavy (non-hydrogen) atoms. The standard InChI is InChI=1S/C13H10N2O5/c1-7-10(13(19)20)11(16)15(6-14-7)9-4-2-8(3-5-9)12(17)18/h2-6H,1H3,(H,17,18)(H,19,20). The number of carbonyl (C=O) groups is 2.